The van der Waals surface area contributed by atoms with E-state index in [1.807, 2.05) is 21.9 Å². The van der Waals surface area contributed by atoms with Gasteiger partial charge in [0.25, 0.3) is 0 Å². The molecule has 0 atom stereocenters. The van der Waals surface area contributed by atoms with E-state index in [4.69, 9.17) is 10.0 Å². The molecule has 130 valence electrons. The van der Waals surface area contributed by atoms with Gasteiger partial charge in [-0.05, 0) is 30.3 Å². The fourth-order valence-electron chi connectivity index (χ4n) is 3.44. The van der Waals surface area contributed by atoms with E-state index in [-0.39, 0.29) is 6.03 Å². The van der Waals surface area contributed by atoms with Crippen molar-refractivity contribution in [2.75, 3.05) is 39.3 Å². The summed E-state index contributed by atoms with van der Waals surface area (Å²) >= 11 is 0. The summed E-state index contributed by atoms with van der Waals surface area (Å²) in [6.07, 6.45) is 3.50. The molecule has 2 saturated heterocycles. The van der Waals surface area contributed by atoms with Gasteiger partial charge >= 0.3 is 13.1 Å². The zero-order chi connectivity index (χ0) is 16.9. The van der Waals surface area contributed by atoms with Gasteiger partial charge in [-0.25, -0.2) is 4.79 Å². The number of piperazine rings is 1. The molecule has 6 nitrogen and oxygen atoms in total. The highest BCUT2D eigenvalue weighted by Crippen LogP contribution is 2.14. The fourth-order valence-corrected chi connectivity index (χ4v) is 3.44. The van der Waals surface area contributed by atoms with Crippen LogP contribution in [0.5, 0.6) is 0 Å². The Morgan fingerprint density at radius 1 is 0.875 bits per heavy atom. The minimum atomic E-state index is -1.41. The van der Waals surface area contributed by atoms with Gasteiger partial charge in [-0.3, -0.25) is 4.90 Å². The third-order valence-corrected chi connectivity index (χ3v) is 4.95. The molecule has 0 unspecified atom stereocenters. The highest BCUT2D eigenvalue weighted by molar-refractivity contribution is 6.58. The summed E-state index contributed by atoms with van der Waals surface area (Å²) in [5.41, 5.74) is 1.66. The van der Waals surface area contributed by atoms with Crippen molar-refractivity contribution >= 4 is 18.6 Å². The van der Waals surface area contributed by atoms with Gasteiger partial charge in [0, 0.05) is 45.8 Å². The van der Waals surface area contributed by atoms with Gasteiger partial charge in [-0.2, -0.15) is 0 Å². The van der Waals surface area contributed by atoms with Crippen molar-refractivity contribution < 1.29 is 14.8 Å². The van der Waals surface area contributed by atoms with Gasteiger partial charge in [-0.1, -0.05) is 24.3 Å². The molecular formula is C17H26BN3O3. The molecule has 1 aromatic rings. The lowest BCUT2D eigenvalue weighted by Crippen LogP contribution is -2.53. The average molecular weight is 331 g/mol. The van der Waals surface area contributed by atoms with E-state index in [0.717, 1.165) is 64.2 Å². The highest BCUT2D eigenvalue weighted by atomic mass is 16.4. The van der Waals surface area contributed by atoms with Crippen LogP contribution >= 0.6 is 0 Å². The Bertz CT molecular complexity index is 539. The second-order valence-corrected chi connectivity index (χ2v) is 6.71. The fraction of sp³-hybridized carbons (Fsp3) is 0.588. The van der Waals surface area contributed by atoms with E-state index in [0.29, 0.717) is 5.46 Å². The van der Waals surface area contributed by atoms with E-state index in [9.17, 15) is 4.79 Å². The number of amides is 2. The van der Waals surface area contributed by atoms with Crippen LogP contribution in [-0.4, -0.2) is 77.2 Å². The monoisotopic (exact) mass is 331 g/mol. The Morgan fingerprint density at radius 2 is 1.46 bits per heavy atom. The zero-order valence-electron chi connectivity index (χ0n) is 14.1. The largest absolute Gasteiger partial charge is 0.488 e. The van der Waals surface area contributed by atoms with Crippen LogP contribution in [0.2, 0.25) is 0 Å². The van der Waals surface area contributed by atoms with E-state index >= 15 is 0 Å². The van der Waals surface area contributed by atoms with Crippen LogP contribution in [0.15, 0.2) is 24.3 Å². The SMILES string of the molecule is O=C(N1CCCCC1)N1CCN(Cc2ccc(B(O)O)cc2)CC1. The normalized spacial score (nSPS) is 19.4. The molecule has 2 fully saturated rings. The number of hydrogen-bond donors (Lipinski definition) is 2. The predicted molar refractivity (Wildman–Crippen MR) is 93.9 cm³/mol. The highest BCUT2D eigenvalue weighted by Gasteiger charge is 2.26. The molecule has 2 amide bonds. The van der Waals surface area contributed by atoms with Crippen molar-refractivity contribution in [1.29, 1.82) is 0 Å². The maximum Gasteiger partial charge on any atom is 0.488 e. The van der Waals surface area contributed by atoms with Gasteiger partial charge in [0.15, 0.2) is 0 Å². The van der Waals surface area contributed by atoms with Crippen molar-refractivity contribution in [3.05, 3.63) is 29.8 Å². The molecule has 0 aromatic heterocycles. The predicted octanol–water partition coefficient (Wildman–Crippen LogP) is 0.0899. The molecule has 2 N–H and O–H groups in total. The van der Waals surface area contributed by atoms with Crippen molar-refractivity contribution in [2.45, 2.75) is 25.8 Å². The molecular weight excluding hydrogens is 305 g/mol. The Morgan fingerprint density at radius 3 is 2.04 bits per heavy atom. The Hall–Kier alpha value is -1.57. The number of benzene rings is 1. The van der Waals surface area contributed by atoms with Crippen molar-refractivity contribution in [3.8, 4) is 0 Å². The standard InChI is InChI=1S/C17H26BN3O3/c22-17(20-8-2-1-3-9-20)21-12-10-19(11-13-21)14-15-4-6-16(7-5-15)18(23)24/h4-7,23-24H,1-3,8-14H2. The molecule has 3 rings (SSSR count). The Kier molecular flexibility index (Phi) is 5.76. The van der Waals surface area contributed by atoms with E-state index < -0.39 is 7.12 Å². The van der Waals surface area contributed by atoms with Crippen LogP contribution in [-0.2, 0) is 6.54 Å². The van der Waals surface area contributed by atoms with Gasteiger partial charge in [0.2, 0.25) is 0 Å². The van der Waals surface area contributed by atoms with Crippen LogP contribution in [0.25, 0.3) is 0 Å². The van der Waals surface area contributed by atoms with Gasteiger partial charge in [0.05, 0.1) is 0 Å². The topological polar surface area (TPSA) is 67.3 Å². The lowest BCUT2D eigenvalue weighted by molar-refractivity contribution is 0.105. The summed E-state index contributed by atoms with van der Waals surface area (Å²) < 4.78 is 0. The number of likely N-dealkylation sites (tertiary alicyclic amines) is 1. The average Bonchev–Trinajstić information content (AvgIpc) is 2.63. The lowest BCUT2D eigenvalue weighted by atomic mass is 9.80. The molecule has 0 aliphatic carbocycles. The summed E-state index contributed by atoms with van der Waals surface area (Å²) in [7, 11) is -1.41. The van der Waals surface area contributed by atoms with Crippen molar-refractivity contribution in [2.24, 2.45) is 0 Å². The Labute approximate surface area is 143 Å². The Balaban J connectivity index is 1.47. The zero-order valence-corrected chi connectivity index (χ0v) is 14.1. The maximum atomic E-state index is 12.5. The van der Waals surface area contributed by atoms with E-state index in [2.05, 4.69) is 4.90 Å². The van der Waals surface area contributed by atoms with Crippen LogP contribution in [0.3, 0.4) is 0 Å². The number of carbonyl (C=O) groups is 1. The maximum absolute atomic E-state index is 12.5. The third kappa shape index (κ3) is 4.29. The number of hydrogen-bond acceptors (Lipinski definition) is 4. The number of nitrogens with zero attached hydrogens (tertiary/aromatic N) is 3. The molecule has 0 spiro atoms. The first-order valence-corrected chi connectivity index (χ1v) is 8.84. The first-order chi connectivity index (χ1) is 11.6. The number of urea groups is 1. The molecule has 24 heavy (non-hydrogen) atoms. The van der Waals surface area contributed by atoms with Gasteiger partial charge < -0.3 is 19.8 Å². The third-order valence-electron chi connectivity index (χ3n) is 4.95. The summed E-state index contributed by atoms with van der Waals surface area (Å²) in [5, 5.41) is 18.3. The first-order valence-electron chi connectivity index (χ1n) is 8.84. The quantitative estimate of drug-likeness (QED) is 0.771. The molecule has 2 aliphatic rings. The number of rotatable bonds is 3. The summed E-state index contributed by atoms with van der Waals surface area (Å²) in [5.74, 6) is 0. The number of carbonyl (C=O) groups excluding carboxylic acids is 1. The van der Waals surface area contributed by atoms with Crippen LogP contribution < -0.4 is 5.46 Å². The molecule has 0 radical (unpaired) electrons. The first kappa shape index (κ1) is 17.3. The smallest absolute Gasteiger partial charge is 0.423 e. The van der Waals surface area contributed by atoms with Gasteiger partial charge in [-0.15, -0.1) is 0 Å². The van der Waals surface area contributed by atoms with Crippen molar-refractivity contribution in [3.63, 3.8) is 0 Å². The number of piperidine rings is 1. The molecule has 2 heterocycles. The summed E-state index contributed by atoms with van der Waals surface area (Å²) in [6, 6.07) is 7.56. The molecule has 2 aliphatic heterocycles. The molecule has 7 heteroatoms. The molecule has 0 saturated carbocycles. The molecule has 1 aromatic carbocycles. The summed E-state index contributed by atoms with van der Waals surface area (Å²) in [6.45, 7) is 5.96. The lowest BCUT2D eigenvalue weighted by Gasteiger charge is -2.38. The summed E-state index contributed by atoms with van der Waals surface area (Å²) in [4.78, 5) is 18.8. The van der Waals surface area contributed by atoms with E-state index in [1.54, 1.807) is 12.1 Å². The van der Waals surface area contributed by atoms with E-state index in [1.165, 1.54) is 6.42 Å². The minimum Gasteiger partial charge on any atom is -0.423 e. The second-order valence-electron chi connectivity index (χ2n) is 6.71. The van der Waals surface area contributed by atoms with Crippen LogP contribution in [0.1, 0.15) is 24.8 Å². The van der Waals surface area contributed by atoms with Crippen LogP contribution in [0, 0.1) is 0 Å². The second kappa shape index (κ2) is 8.01. The van der Waals surface area contributed by atoms with Crippen LogP contribution in [0.4, 0.5) is 4.79 Å². The van der Waals surface area contributed by atoms with Crippen molar-refractivity contribution in [1.82, 2.24) is 14.7 Å². The minimum absolute atomic E-state index is 0.204. The molecule has 0 bridgehead atoms. The van der Waals surface area contributed by atoms with Gasteiger partial charge in [0.1, 0.15) is 0 Å².